The molecule has 7 heteroatoms. The van der Waals surface area contributed by atoms with Crippen LogP contribution in [-0.2, 0) is 9.59 Å². The average molecular weight is 279 g/mol. The van der Waals surface area contributed by atoms with Gasteiger partial charge in [-0.2, -0.15) is 0 Å². The molecule has 0 bridgehead atoms. The van der Waals surface area contributed by atoms with Crippen molar-refractivity contribution in [3.05, 3.63) is 30.1 Å². The monoisotopic (exact) mass is 279 g/mol. The summed E-state index contributed by atoms with van der Waals surface area (Å²) in [7, 11) is 0. The molecule has 1 unspecified atom stereocenters. The lowest BCUT2D eigenvalue weighted by molar-refractivity contribution is -0.138. The highest BCUT2D eigenvalue weighted by Crippen LogP contribution is 2.16. The number of hydrogen-bond acceptors (Lipinski definition) is 3. The van der Waals surface area contributed by atoms with E-state index in [2.05, 4.69) is 10.6 Å². The molecule has 1 fully saturated rings. The molecule has 1 saturated heterocycles. The lowest BCUT2D eigenvalue weighted by Gasteiger charge is -2.33. The van der Waals surface area contributed by atoms with Crippen LogP contribution in [0.3, 0.4) is 0 Å². The highest BCUT2D eigenvalue weighted by Gasteiger charge is 2.35. The molecule has 1 atom stereocenters. The van der Waals surface area contributed by atoms with Crippen LogP contribution in [0.15, 0.2) is 24.3 Å². The summed E-state index contributed by atoms with van der Waals surface area (Å²) < 4.78 is 13.5. The first-order valence-electron chi connectivity index (χ1n) is 6.18. The minimum absolute atomic E-state index is 0.00536. The number of hydrogen-bond donors (Lipinski definition) is 2. The minimum atomic E-state index is -0.737. The zero-order valence-corrected chi connectivity index (χ0v) is 10.9. The zero-order valence-electron chi connectivity index (χ0n) is 10.9. The predicted octanol–water partition coefficient (Wildman–Crippen LogP) is 1.09. The molecule has 0 aromatic heterocycles. The van der Waals surface area contributed by atoms with Gasteiger partial charge in [0.15, 0.2) is 0 Å². The predicted molar refractivity (Wildman–Crippen MR) is 69.4 cm³/mol. The largest absolute Gasteiger partial charge is 0.323 e. The van der Waals surface area contributed by atoms with Crippen molar-refractivity contribution in [1.29, 1.82) is 0 Å². The number of imide groups is 1. The Morgan fingerprint density at radius 2 is 2.15 bits per heavy atom. The van der Waals surface area contributed by atoms with Gasteiger partial charge in [0.1, 0.15) is 18.4 Å². The van der Waals surface area contributed by atoms with Gasteiger partial charge in [-0.1, -0.05) is 19.1 Å². The van der Waals surface area contributed by atoms with Gasteiger partial charge in [-0.3, -0.25) is 14.9 Å². The Balaban J connectivity index is 2.16. The normalized spacial score (nSPS) is 18.7. The van der Waals surface area contributed by atoms with Crippen LogP contribution in [0.2, 0.25) is 0 Å². The molecule has 1 aliphatic rings. The molecule has 1 aromatic carbocycles. The van der Waals surface area contributed by atoms with Crippen molar-refractivity contribution in [3.63, 3.8) is 0 Å². The average Bonchev–Trinajstić information content (AvgIpc) is 2.40. The Morgan fingerprint density at radius 1 is 1.45 bits per heavy atom. The number of benzene rings is 1. The molecule has 1 heterocycles. The summed E-state index contributed by atoms with van der Waals surface area (Å²) in [6, 6.07) is 4.27. The molecule has 0 saturated carbocycles. The number of halogens is 1. The number of para-hydroxylation sites is 1. The van der Waals surface area contributed by atoms with Crippen molar-refractivity contribution in [3.8, 4) is 0 Å². The van der Waals surface area contributed by atoms with Gasteiger partial charge in [0.25, 0.3) is 0 Å². The summed E-state index contributed by atoms with van der Waals surface area (Å²) in [5.41, 5.74) is 0.00536. The van der Waals surface area contributed by atoms with Gasteiger partial charge in [-0.15, -0.1) is 0 Å². The number of piperazine rings is 1. The molecule has 0 spiro atoms. The molecule has 20 heavy (non-hydrogen) atoms. The first kappa shape index (κ1) is 14.0. The smallest absolute Gasteiger partial charge is 0.305 e. The maximum atomic E-state index is 13.5. The van der Waals surface area contributed by atoms with Gasteiger partial charge in [0.05, 0.1) is 5.69 Å². The quantitative estimate of drug-likeness (QED) is 0.796. The van der Waals surface area contributed by atoms with E-state index in [1.807, 2.05) is 0 Å². The second-order valence-corrected chi connectivity index (χ2v) is 4.37. The molecule has 1 aromatic rings. The standard InChI is InChI=1S/C13H14FN3O3/c1-2-10-12(19)16-11(18)7-17(10)13(20)15-9-6-4-3-5-8(9)14/h3-6,10H,2,7H2,1H3,(H,15,20)(H,16,18,19). The third-order valence-corrected chi connectivity index (χ3v) is 3.02. The fourth-order valence-corrected chi connectivity index (χ4v) is 2.04. The number of amides is 4. The van der Waals surface area contributed by atoms with Gasteiger partial charge < -0.3 is 10.2 Å². The van der Waals surface area contributed by atoms with Gasteiger partial charge in [-0.05, 0) is 18.6 Å². The lowest BCUT2D eigenvalue weighted by atomic mass is 10.1. The summed E-state index contributed by atoms with van der Waals surface area (Å²) in [5, 5.41) is 4.53. The molecule has 1 aliphatic heterocycles. The second-order valence-electron chi connectivity index (χ2n) is 4.37. The van der Waals surface area contributed by atoms with Crippen molar-refractivity contribution in [2.75, 3.05) is 11.9 Å². The molecule has 0 radical (unpaired) electrons. The molecule has 106 valence electrons. The molecule has 6 nitrogen and oxygen atoms in total. The van der Waals surface area contributed by atoms with E-state index in [-0.39, 0.29) is 12.2 Å². The molecule has 2 rings (SSSR count). The number of rotatable bonds is 2. The lowest BCUT2D eigenvalue weighted by Crippen LogP contribution is -2.60. The molecule has 0 aliphatic carbocycles. The minimum Gasteiger partial charge on any atom is -0.305 e. The van der Waals surface area contributed by atoms with E-state index in [1.54, 1.807) is 13.0 Å². The van der Waals surface area contributed by atoms with Crippen LogP contribution in [0.4, 0.5) is 14.9 Å². The Morgan fingerprint density at radius 3 is 2.80 bits per heavy atom. The van der Waals surface area contributed by atoms with E-state index in [0.29, 0.717) is 6.42 Å². The second kappa shape index (κ2) is 5.68. The Bertz CT molecular complexity index is 562. The summed E-state index contributed by atoms with van der Waals surface area (Å²) in [6.45, 7) is 1.49. The summed E-state index contributed by atoms with van der Waals surface area (Å²) in [5.74, 6) is -1.66. The number of anilines is 1. The molecule has 4 amide bonds. The molecular formula is C13H14FN3O3. The SMILES string of the molecule is CCC1C(=O)NC(=O)CN1C(=O)Nc1ccccc1F. The van der Waals surface area contributed by atoms with Crippen LogP contribution in [0.25, 0.3) is 0 Å². The van der Waals surface area contributed by atoms with Crippen molar-refractivity contribution in [2.45, 2.75) is 19.4 Å². The van der Waals surface area contributed by atoms with E-state index in [9.17, 15) is 18.8 Å². The zero-order chi connectivity index (χ0) is 14.7. The Kier molecular flexibility index (Phi) is 3.97. The highest BCUT2D eigenvalue weighted by atomic mass is 19.1. The fraction of sp³-hybridized carbons (Fsp3) is 0.308. The van der Waals surface area contributed by atoms with Crippen LogP contribution < -0.4 is 10.6 Å². The van der Waals surface area contributed by atoms with Crippen LogP contribution in [-0.4, -0.2) is 35.3 Å². The van der Waals surface area contributed by atoms with E-state index in [1.165, 1.54) is 18.2 Å². The number of carbonyl (C=O) groups excluding carboxylic acids is 3. The fourth-order valence-electron chi connectivity index (χ4n) is 2.04. The van der Waals surface area contributed by atoms with Crippen molar-refractivity contribution < 1.29 is 18.8 Å². The van der Waals surface area contributed by atoms with Gasteiger partial charge >= 0.3 is 6.03 Å². The van der Waals surface area contributed by atoms with Gasteiger partial charge in [0.2, 0.25) is 11.8 Å². The van der Waals surface area contributed by atoms with E-state index < -0.39 is 29.7 Å². The summed E-state index contributed by atoms with van der Waals surface area (Å²) in [4.78, 5) is 36.2. The van der Waals surface area contributed by atoms with E-state index >= 15 is 0 Å². The first-order chi connectivity index (χ1) is 9.52. The first-order valence-corrected chi connectivity index (χ1v) is 6.18. The van der Waals surface area contributed by atoms with Crippen LogP contribution in [0.1, 0.15) is 13.3 Å². The third-order valence-electron chi connectivity index (χ3n) is 3.02. The van der Waals surface area contributed by atoms with Crippen LogP contribution >= 0.6 is 0 Å². The third kappa shape index (κ3) is 2.76. The Hall–Kier alpha value is -2.44. The van der Waals surface area contributed by atoms with Gasteiger partial charge in [-0.25, -0.2) is 9.18 Å². The van der Waals surface area contributed by atoms with Crippen molar-refractivity contribution in [1.82, 2.24) is 10.2 Å². The van der Waals surface area contributed by atoms with Crippen LogP contribution in [0, 0.1) is 5.82 Å². The molecular weight excluding hydrogens is 265 g/mol. The summed E-state index contributed by atoms with van der Waals surface area (Å²) in [6.07, 6.45) is 0.365. The topological polar surface area (TPSA) is 78.5 Å². The van der Waals surface area contributed by atoms with Crippen LogP contribution in [0.5, 0.6) is 0 Å². The number of urea groups is 1. The molecule has 2 N–H and O–H groups in total. The van der Waals surface area contributed by atoms with E-state index in [4.69, 9.17) is 0 Å². The number of nitrogens with zero attached hydrogens (tertiary/aromatic N) is 1. The Labute approximate surface area is 114 Å². The van der Waals surface area contributed by atoms with Gasteiger partial charge in [0, 0.05) is 0 Å². The highest BCUT2D eigenvalue weighted by molar-refractivity contribution is 6.05. The van der Waals surface area contributed by atoms with Crippen molar-refractivity contribution >= 4 is 23.5 Å². The van der Waals surface area contributed by atoms with Crippen molar-refractivity contribution in [2.24, 2.45) is 0 Å². The maximum Gasteiger partial charge on any atom is 0.323 e. The number of nitrogens with one attached hydrogen (secondary N) is 2. The summed E-state index contributed by atoms with van der Waals surface area (Å²) >= 11 is 0. The van der Waals surface area contributed by atoms with E-state index in [0.717, 1.165) is 4.90 Å². The number of carbonyl (C=O) groups is 3. The maximum absolute atomic E-state index is 13.5.